The summed E-state index contributed by atoms with van der Waals surface area (Å²) in [5.74, 6) is -4.12. The molecule has 5 atom stereocenters. The lowest BCUT2D eigenvalue weighted by atomic mass is 9.98. The molecule has 1 fully saturated rings. The average molecular weight is 445 g/mol. The van der Waals surface area contributed by atoms with Crippen molar-refractivity contribution in [1.82, 2.24) is 4.73 Å². The molecule has 2 rings (SSSR count). The van der Waals surface area contributed by atoms with Crippen molar-refractivity contribution in [3.05, 3.63) is 12.1 Å². The molecule has 0 bridgehead atoms. The maximum Gasteiger partial charge on any atom is 0.303 e. The van der Waals surface area contributed by atoms with Gasteiger partial charge in [-0.3, -0.25) is 19.2 Å². The number of aromatic hydroxyl groups is 2. The largest absolute Gasteiger partial charge is 0.492 e. The van der Waals surface area contributed by atoms with Crippen molar-refractivity contribution in [2.45, 2.75) is 58.4 Å². The quantitative estimate of drug-likeness (QED) is 0.405. The van der Waals surface area contributed by atoms with Crippen molar-refractivity contribution in [3.63, 3.8) is 0 Å². The van der Waals surface area contributed by atoms with E-state index < -0.39 is 72.9 Å². The maximum absolute atomic E-state index is 11.7. The van der Waals surface area contributed by atoms with Crippen LogP contribution >= 0.6 is 0 Å². The lowest BCUT2D eigenvalue weighted by molar-refractivity contribution is -0.308. The summed E-state index contributed by atoms with van der Waals surface area (Å²) in [6, 6.07) is 2.22. The fourth-order valence-electron chi connectivity index (χ4n) is 2.89. The molecule has 1 aliphatic rings. The van der Waals surface area contributed by atoms with E-state index in [-0.39, 0.29) is 0 Å². The molecule has 1 aliphatic heterocycles. The molecular weight excluding hydrogens is 422 g/mol. The number of hydrogen-bond acceptors (Lipinski definition) is 12. The van der Waals surface area contributed by atoms with Gasteiger partial charge in [0, 0.05) is 39.8 Å². The number of ether oxygens (including phenoxy) is 5. The third-order valence-electron chi connectivity index (χ3n) is 3.96. The summed E-state index contributed by atoms with van der Waals surface area (Å²) in [6.45, 7) is 3.93. The van der Waals surface area contributed by atoms with E-state index in [1.165, 1.54) is 0 Å². The van der Waals surface area contributed by atoms with Gasteiger partial charge in [-0.25, -0.2) is 0 Å². The summed E-state index contributed by atoms with van der Waals surface area (Å²) in [4.78, 5) is 51.8. The van der Waals surface area contributed by atoms with Gasteiger partial charge in [0.2, 0.25) is 17.9 Å². The molecule has 0 saturated carbocycles. The van der Waals surface area contributed by atoms with Crippen LogP contribution in [0, 0.1) is 0 Å². The van der Waals surface area contributed by atoms with E-state index in [1.807, 2.05) is 0 Å². The van der Waals surface area contributed by atoms with Crippen LogP contribution in [0.5, 0.6) is 11.8 Å². The van der Waals surface area contributed by atoms with Gasteiger partial charge >= 0.3 is 23.9 Å². The smallest absolute Gasteiger partial charge is 0.303 e. The first-order valence-electron chi connectivity index (χ1n) is 9.07. The van der Waals surface area contributed by atoms with E-state index in [2.05, 4.69) is 0 Å². The van der Waals surface area contributed by atoms with Gasteiger partial charge in [-0.15, -0.1) is 4.73 Å². The van der Waals surface area contributed by atoms with Crippen molar-refractivity contribution < 1.29 is 57.9 Å². The molecule has 0 spiro atoms. The standard InChI is InChI=1S/C18H23NO12/c1-8(20)26-7-12-15(27-9(2)21)16(28-10(3)22)17(29-11(4)23)18(30-12)31-19-13(24)5-6-14(19)25/h5-6,12,15-18,24-25H,7H2,1-4H3/t12-,15-,16+,17-,18+/m1/s1. The Balaban J connectivity index is 2.47. The highest BCUT2D eigenvalue weighted by Crippen LogP contribution is 2.30. The first-order chi connectivity index (χ1) is 14.5. The third-order valence-corrected chi connectivity index (χ3v) is 3.96. The number of carbonyl (C=O) groups is 4. The molecule has 1 aromatic rings. The van der Waals surface area contributed by atoms with E-state index in [0.29, 0.717) is 4.73 Å². The summed E-state index contributed by atoms with van der Waals surface area (Å²) in [6.07, 6.45) is -7.11. The van der Waals surface area contributed by atoms with Gasteiger partial charge in [0.1, 0.15) is 12.7 Å². The van der Waals surface area contributed by atoms with Crippen molar-refractivity contribution in [1.29, 1.82) is 0 Å². The minimum atomic E-state index is -1.59. The van der Waals surface area contributed by atoms with E-state index >= 15 is 0 Å². The predicted octanol–water partition coefficient (Wildman–Crippen LogP) is -0.589. The molecule has 0 aromatic carbocycles. The van der Waals surface area contributed by atoms with E-state index in [1.54, 1.807) is 0 Å². The zero-order valence-electron chi connectivity index (χ0n) is 17.2. The molecular formula is C18H23NO12. The molecule has 0 amide bonds. The van der Waals surface area contributed by atoms with E-state index in [9.17, 15) is 29.4 Å². The molecule has 31 heavy (non-hydrogen) atoms. The normalized spacial score (nSPS) is 25.2. The van der Waals surface area contributed by atoms with Crippen LogP contribution in [0.1, 0.15) is 27.7 Å². The van der Waals surface area contributed by atoms with Crippen LogP contribution in [0.25, 0.3) is 0 Å². The SMILES string of the molecule is CC(=O)OC[C@H]1O[C@@H](On2c(O)ccc2O)[C@H](OC(C)=O)[C@@H](OC(C)=O)[C@@H]1OC(C)=O. The van der Waals surface area contributed by atoms with Gasteiger partial charge in [0.15, 0.2) is 12.2 Å². The number of esters is 4. The van der Waals surface area contributed by atoms with Gasteiger partial charge in [0.25, 0.3) is 6.29 Å². The second-order valence-electron chi connectivity index (χ2n) is 6.52. The van der Waals surface area contributed by atoms with Crippen LogP contribution in [-0.4, -0.2) is 76.1 Å². The summed E-state index contributed by atoms with van der Waals surface area (Å²) in [7, 11) is 0. The lowest BCUT2D eigenvalue weighted by Crippen LogP contribution is -2.64. The molecule has 13 nitrogen and oxygen atoms in total. The Hall–Kier alpha value is -3.48. The maximum atomic E-state index is 11.7. The molecule has 0 aliphatic carbocycles. The highest BCUT2D eigenvalue weighted by molar-refractivity contribution is 5.68. The Labute approximate surface area is 176 Å². The van der Waals surface area contributed by atoms with Gasteiger partial charge in [-0.2, -0.15) is 0 Å². The molecule has 1 aromatic heterocycles. The van der Waals surface area contributed by atoms with Gasteiger partial charge in [-0.05, 0) is 0 Å². The Morgan fingerprint density at radius 3 is 1.81 bits per heavy atom. The minimum Gasteiger partial charge on any atom is -0.492 e. The summed E-state index contributed by atoms with van der Waals surface area (Å²) >= 11 is 0. The predicted molar refractivity (Wildman–Crippen MR) is 96.3 cm³/mol. The van der Waals surface area contributed by atoms with E-state index in [4.69, 9.17) is 28.5 Å². The Bertz CT molecular complexity index is 814. The monoisotopic (exact) mass is 445 g/mol. The fraction of sp³-hybridized carbons (Fsp3) is 0.556. The van der Waals surface area contributed by atoms with Crippen LogP contribution in [-0.2, 0) is 42.9 Å². The Morgan fingerprint density at radius 1 is 0.839 bits per heavy atom. The van der Waals surface area contributed by atoms with Crippen molar-refractivity contribution >= 4 is 23.9 Å². The number of nitrogens with zero attached hydrogens (tertiary/aromatic N) is 1. The summed E-state index contributed by atoms with van der Waals surface area (Å²) in [5, 5.41) is 19.7. The van der Waals surface area contributed by atoms with Crippen molar-refractivity contribution in [2.24, 2.45) is 0 Å². The van der Waals surface area contributed by atoms with Crippen LogP contribution in [0.4, 0.5) is 0 Å². The van der Waals surface area contributed by atoms with Crippen LogP contribution in [0.15, 0.2) is 12.1 Å². The van der Waals surface area contributed by atoms with Crippen LogP contribution in [0.3, 0.4) is 0 Å². The number of rotatable bonds is 7. The highest BCUT2D eigenvalue weighted by Gasteiger charge is 2.54. The third kappa shape index (κ3) is 6.25. The average Bonchev–Trinajstić information content (AvgIpc) is 2.95. The lowest BCUT2D eigenvalue weighted by Gasteiger charge is -2.43. The molecule has 172 valence electrons. The Kier molecular flexibility index (Phi) is 7.69. The second-order valence-corrected chi connectivity index (χ2v) is 6.52. The van der Waals surface area contributed by atoms with Crippen molar-refractivity contribution in [3.8, 4) is 11.8 Å². The molecule has 2 N–H and O–H groups in total. The number of aromatic nitrogens is 1. The van der Waals surface area contributed by atoms with Gasteiger partial charge in [0.05, 0.1) is 0 Å². The zero-order valence-corrected chi connectivity index (χ0v) is 17.2. The molecule has 0 radical (unpaired) electrons. The summed E-state index contributed by atoms with van der Waals surface area (Å²) < 4.78 is 26.8. The number of carbonyl (C=O) groups excluding carboxylic acids is 4. The molecule has 13 heteroatoms. The van der Waals surface area contributed by atoms with E-state index in [0.717, 1.165) is 39.8 Å². The topological polar surface area (TPSA) is 169 Å². The first-order valence-corrected chi connectivity index (χ1v) is 9.07. The Morgan fingerprint density at radius 2 is 1.32 bits per heavy atom. The van der Waals surface area contributed by atoms with Gasteiger partial charge in [-0.1, -0.05) is 0 Å². The highest BCUT2D eigenvalue weighted by atomic mass is 16.8. The molecule has 2 heterocycles. The first kappa shape index (κ1) is 23.8. The zero-order chi connectivity index (χ0) is 23.3. The van der Waals surface area contributed by atoms with Gasteiger partial charge < -0.3 is 38.7 Å². The van der Waals surface area contributed by atoms with Crippen molar-refractivity contribution in [2.75, 3.05) is 6.61 Å². The molecule has 1 saturated heterocycles. The number of hydrogen-bond donors (Lipinski definition) is 2. The summed E-state index contributed by atoms with van der Waals surface area (Å²) in [5.41, 5.74) is 0. The second kappa shape index (κ2) is 10.0. The molecule has 0 unspecified atom stereocenters. The van der Waals surface area contributed by atoms with Crippen LogP contribution in [0.2, 0.25) is 0 Å². The minimum absolute atomic E-state index is 0.443. The fourth-order valence-corrected chi connectivity index (χ4v) is 2.89. The van der Waals surface area contributed by atoms with Crippen LogP contribution < -0.4 is 4.84 Å².